The standard InChI is InChI=1S/C58H34N4O2/c1-2-17-35(18-3-1)36-24-16-32-49-52(36)43-23-6-11-31-48(43)62(49)57-60-55(44-27-14-25-41-39-21-7-12-33-50(39)63-53(41)44)59-56(61-57)58(45-28-9-4-19-37(45)38-20-5-10-29-46(38)58)47-30-15-26-42-40-22-8-13-34-51(40)64-54(42)47/h1-34H. The first-order valence-corrected chi connectivity index (χ1v) is 21.6. The van der Waals surface area contributed by atoms with Crippen LogP contribution in [0, 0.1) is 0 Å². The summed E-state index contributed by atoms with van der Waals surface area (Å²) in [7, 11) is 0. The van der Waals surface area contributed by atoms with Crippen molar-refractivity contribution in [3.05, 3.63) is 229 Å². The molecule has 64 heavy (non-hydrogen) atoms. The number of nitrogens with zero attached hydrogens (tertiary/aromatic N) is 4. The highest BCUT2D eigenvalue weighted by molar-refractivity contribution is 6.16. The monoisotopic (exact) mass is 818 g/mol. The van der Waals surface area contributed by atoms with Gasteiger partial charge in [-0.2, -0.15) is 9.97 Å². The lowest BCUT2D eigenvalue weighted by Crippen LogP contribution is -2.32. The molecular weight excluding hydrogens is 785 g/mol. The van der Waals surface area contributed by atoms with Crippen LogP contribution in [-0.2, 0) is 5.41 Å². The molecular formula is C58H34N4O2. The quantitative estimate of drug-likeness (QED) is 0.173. The predicted octanol–water partition coefficient (Wildman–Crippen LogP) is 14.5. The maximum atomic E-state index is 6.96. The van der Waals surface area contributed by atoms with Crippen LogP contribution in [0.4, 0.5) is 0 Å². The number of rotatable bonds is 5. The van der Waals surface area contributed by atoms with E-state index in [1.807, 2.05) is 30.3 Å². The molecule has 6 nitrogen and oxygen atoms in total. The number of furan rings is 2. The van der Waals surface area contributed by atoms with Gasteiger partial charge in [-0.25, -0.2) is 4.98 Å². The van der Waals surface area contributed by atoms with Crippen molar-refractivity contribution >= 4 is 65.7 Å². The molecule has 0 amide bonds. The first kappa shape index (κ1) is 35.0. The summed E-state index contributed by atoms with van der Waals surface area (Å²) in [5, 5.41) is 6.37. The van der Waals surface area contributed by atoms with E-state index >= 15 is 0 Å². The molecule has 1 aliphatic rings. The molecule has 4 heterocycles. The summed E-state index contributed by atoms with van der Waals surface area (Å²) in [4.78, 5) is 17.0. The highest BCUT2D eigenvalue weighted by atomic mass is 16.3. The van der Waals surface area contributed by atoms with Crippen LogP contribution in [0.2, 0.25) is 0 Å². The molecule has 0 fully saturated rings. The summed E-state index contributed by atoms with van der Waals surface area (Å²) < 4.78 is 15.9. The summed E-state index contributed by atoms with van der Waals surface area (Å²) in [6.07, 6.45) is 0. The van der Waals surface area contributed by atoms with E-state index in [2.05, 4.69) is 180 Å². The third-order valence-electron chi connectivity index (χ3n) is 13.3. The lowest BCUT2D eigenvalue weighted by atomic mass is 9.71. The van der Waals surface area contributed by atoms with Crippen LogP contribution in [-0.4, -0.2) is 19.5 Å². The Hall–Kier alpha value is -8.61. The molecule has 0 radical (unpaired) electrons. The molecule has 4 aromatic heterocycles. The van der Waals surface area contributed by atoms with Gasteiger partial charge in [0.25, 0.3) is 0 Å². The first-order valence-electron chi connectivity index (χ1n) is 21.6. The molecule has 9 aromatic carbocycles. The fourth-order valence-corrected chi connectivity index (χ4v) is 10.7. The Bertz CT molecular complexity index is 4000. The third kappa shape index (κ3) is 4.71. The van der Waals surface area contributed by atoms with E-state index < -0.39 is 5.41 Å². The van der Waals surface area contributed by atoms with Crippen LogP contribution in [0.25, 0.3) is 105 Å². The molecule has 14 rings (SSSR count). The molecule has 13 aromatic rings. The summed E-state index contributed by atoms with van der Waals surface area (Å²) in [5.41, 5.74) is 12.5. The van der Waals surface area contributed by atoms with Crippen molar-refractivity contribution in [1.29, 1.82) is 0 Å². The third-order valence-corrected chi connectivity index (χ3v) is 13.3. The van der Waals surface area contributed by atoms with Gasteiger partial charge in [0.05, 0.1) is 16.6 Å². The lowest BCUT2D eigenvalue weighted by molar-refractivity contribution is 0.632. The van der Waals surface area contributed by atoms with Gasteiger partial charge < -0.3 is 8.83 Å². The van der Waals surface area contributed by atoms with Gasteiger partial charge >= 0.3 is 0 Å². The van der Waals surface area contributed by atoms with E-state index in [4.69, 9.17) is 23.8 Å². The zero-order valence-corrected chi connectivity index (χ0v) is 34.2. The number of hydrogen-bond donors (Lipinski definition) is 0. The van der Waals surface area contributed by atoms with Gasteiger partial charge in [0.15, 0.2) is 11.6 Å². The second-order valence-electron chi connectivity index (χ2n) is 16.6. The number of para-hydroxylation sites is 5. The van der Waals surface area contributed by atoms with E-state index in [0.717, 1.165) is 110 Å². The fraction of sp³-hybridized carbons (Fsp3) is 0.0172. The highest BCUT2D eigenvalue weighted by Gasteiger charge is 2.50. The number of benzene rings is 9. The van der Waals surface area contributed by atoms with Gasteiger partial charge in [0, 0.05) is 37.9 Å². The van der Waals surface area contributed by atoms with Crippen LogP contribution in [0.3, 0.4) is 0 Å². The Labute approximate surface area is 366 Å². The summed E-state index contributed by atoms with van der Waals surface area (Å²) in [5.74, 6) is 1.59. The molecule has 0 atom stereocenters. The number of hydrogen-bond acceptors (Lipinski definition) is 5. The SMILES string of the molecule is c1ccc(-c2cccc3c2c2ccccc2n3-c2nc(-c3cccc4c3oc3ccccc34)nc(C3(c4cccc5c4oc4ccccc45)c4ccccc4-c4ccccc43)n2)cc1. The fourth-order valence-electron chi connectivity index (χ4n) is 10.7. The molecule has 0 spiro atoms. The molecule has 1 aliphatic carbocycles. The summed E-state index contributed by atoms with van der Waals surface area (Å²) >= 11 is 0. The van der Waals surface area contributed by atoms with Crippen LogP contribution in [0.5, 0.6) is 0 Å². The van der Waals surface area contributed by atoms with Crippen LogP contribution in [0.1, 0.15) is 22.5 Å². The molecule has 0 saturated carbocycles. The first-order chi connectivity index (χ1) is 31.8. The zero-order valence-electron chi connectivity index (χ0n) is 34.2. The highest BCUT2D eigenvalue weighted by Crippen LogP contribution is 2.57. The normalized spacial score (nSPS) is 13.1. The summed E-state index contributed by atoms with van der Waals surface area (Å²) in [6.45, 7) is 0. The lowest BCUT2D eigenvalue weighted by Gasteiger charge is -2.32. The smallest absolute Gasteiger partial charge is 0.238 e. The minimum Gasteiger partial charge on any atom is -0.456 e. The Morgan fingerprint density at radius 3 is 1.62 bits per heavy atom. The van der Waals surface area contributed by atoms with Crippen LogP contribution >= 0.6 is 0 Å². The van der Waals surface area contributed by atoms with Gasteiger partial charge in [-0.1, -0.05) is 176 Å². The molecule has 0 saturated heterocycles. The van der Waals surface area contributed by atoms with E-state index in [9.17, 15) is 0 Å². The Morgan fingerprint density at radius 2 is 0.875 bits per heavy atom. The minimum absolute atomic E-state index is 0.502. The topological polar surface area (TPSA) is 69.9 Å². The molecule has 0 unspecified atom stereocenters. The molecule has 0 aliphatic heterocycles. The van der Waals surface area contributed by atoms with E-state index in [1.165, 1.54) is 0 Å². The maximum absolute atomic E-state index is 6.96. The van der Waals surface area contributed by atoms with Crippen LogP contribution < -0.4 is 0 Å². The van der Waals surface area contributed by atoms with Crippen molar-refractivity contribution in [2.24, 2.45) is 0 Å². The second-order valence-corrected chi connectivity index (χ2v) is 16.6. The van der Waals surface area contributed by atoms with Crippen molar-refractivity contribution in [2.75, 3.05) is 0 Å². The van der Waals surface area contributed by atoms with Crippen LogP contribution in [0.15, 0.2) is 215 Å². The van der Waals surface area contributed by atoms with E-state index in [0.29, 0.717) is 17.6 Å². The van der Waals surface area contributed by atoms with Crippen molar-refractivity contribution in [3.63, 3.8) is 0 Å². The van der Waals surface area contributed by atoms with Gasteiger partial charge in [-0.05, 0) is 63.7 Å². The van der Waals surface area contributed by atoms with Crippen molar-refractivity contribution in [1.82, 2.24) is 19.5 Å². The molecule has 0 bridgehead atoms. The van der Waals surface area contributed by atoms with Gasteiger partial charge in [0.1, 0.15) is 27.7 Å². The average Bonchev–Trinajstić information content (AvgIpc) is 4.11. The van der Waals surface area contributed by atoms with Crippen molar-refractivity contribution in [2.45, 2.75) is 5.41 Å². The van der Waals surface area contributed by atoms with Gasteiger partial charge in [-0.3, -0.25) is 4.57 Å². The largest absolute Gasteiger partial charge is 0.456 e. The molecule has 298 valence electrons. The summed E-state index contributed by atoms with van der Waals surface area (Å²) in [6, 6.07) is 72.2. The average molecular weight is 819 g/mol. The van der Waals surface area contributed by atoms with Crippen molar-refractivity contribution < 1.29 is 8.83 Å². The van der Waals surface area contributed by atoms with Gasteiger partial charge in [-0.15, -0.1) is 0 Å². The van der Waals surface area contributed by atoms with E-state index in [1.54, 1.807) is 0 Å². The second kappa shape index (κ2) is 13.2. The Kier molecular flexibility index (Phi) is 7.22. The number of aromatic nitrogens is 4. The van der Waals surface area contributed by atoms with E-state index in [-0.39, 0.29) is 0 Å². The zero-order chi connectivity index (χ0) is 41.9. The Morgan fingerprint density at radius 1 is 0.359 bits per heavy atom. The molecule has 0 N–H and O–H groups in total. The van der Waals surface area contributed by atoms with Crippen molar-refractivity contribution in [3.8, 4) is 39.6 Å². The number of fused-ring (bicyclic) bond motifs is 12. The maximum Gasteiger partial charge on any atom is 0.238 e. The Balaban J connectivity index is 1.17. The predicted molar refractivity (Wildman–Crippen MR) is 257 cm³/mol. The molecule has 6 heteroatoms. The minimum atomic E-state index is -1.04. The van der Waals surface area contributed by atoms with Gasteiger partial charge in [0.2, 0.25) is 5.95 Å².